The number of para-hydroxylation sites is 2. The Hall–Kier alpha value is -2.92. The molecule has 4 rings (SSSR count). The first-order valence-electron chi connectivity index (χ1n) is 7.82. The molecule has 1 amide bonds. The summed E-state index contributed by atoms with van der Waals surface area (Å²) in [5.74, 6) is 0.618. The molecule has 5 heteroatoms. The zero-order chi connectivity index (χ0) is 17.2. The summed E-state index contributed by atoms with van der Waals surface area (Å²) in [5.41, 5.74) is 4.14. The molecule has 25 heavy (non-hydrogen) atoms. The smallest absolute Gasteiger partial charge is 0.256 e. The first kappa shape index (κ1) is 15.6. The molecule has 0 fully saturated rings. The van der Waals surface area contributed by atoms with E-state index in [4.69, 9.17) is 0 Å². The van der Waals surface area contributed by atoms with E-state index in [0.717, 1.165) is 32.6 Å². The molecule has 3 aromatic carbocycles. The molecule has 1 aromatic heterocycles. The van der Waals surface area contributed by atoms with Crippen LogP contribution in [0.3, 0.4) is 0 Å². The maximum Gasteiger partial charge on any atom is 0.256 e. The lowest BCUT2D eigenvalue weighted by Gasteiger charge is -2.08. The van der Waals surface area contributed by atoms with Crippen molar-refractivity contribution in [3.05, 3.63) is 82.8 Å². The van der Waals surface area contributed by atoms with Crippen LogP contribution in [0.25, 0.3) is 22.4 Å². The molecule has 0 aliphatic rings. The number of nitrogens with one attached hydrogen (secondary N) is 2. The number of hydrogen-bond donors (Lipinski definition) is 2. The van der Waals surface area contributed by atoms with Crippen LogP contribution in [0.2, 0.25) is 0 Å². The number of anilines is 1. The molecule has 0 unspecified atom stereocenters. The SMILES string of the molecule is O=C(Nc1cccc(-c2nc3ccccc3[nH]2)c1)c1ccccc1Br. The monoisotopic (exact) mass is 391 g/mol. The minimum atomic E-state index is -0.158. The highest BCUT2D eigenvalue weighted by Gasteiger charge is 2.11. The van der Waals surface area contributed by atoms with Crippen LogP contribution in [0, 0.1) is 0 Å². The Morgan fingerprint density at radius 1 is 0.960 bits per heavy atom. The first-order chi connectivity index (χ1) is 12.2. The van der Waals surface area contributed by atoms with E-state index in [1.807, 2.05) is 66.7 Å². The predicted molar refractivity (Wildman–Crippen MR) is 104 cm³/mol. The van der Waals surface area contributed by atoms with Gasteiger partial charge in [0.25, 0.3) is 5.91 Å². The first-order valence-corrected chi connectivity index (χ1v) is 8.61. The standard InChI is InChI=1S/C20H14BrN3O/c21-16-9-2-1-8-15(16)20(25)22-14-7-5-6-13(12-14)19-23-17-10-3-4-11-18(17)24-19/h1-12H,(H,22,25)(H,23,24). The Labute approximate surface area is 153 Å². The number of carbonyl (C=O) groups is 1. The van der Waals surface area contributed by atoms with Crippen LogP contribution < -0.4 is 5.32 Å². The minimum absolute atomic E-state index is 0.158. The van der Waals surface area contributed by atoms with Gasteiger partial charge in [0.2, 0.25) is 0 Å². The van der Waals surface area contributed by atoms with Crippen molar-refractivity contribution >= 4 is 38.6 Å². The van der Waals surface area contributed by atoms with Crippen molar-refractivity contribution in [3.8, 4) is 11.4 Å². The van der Waals surface area contributed by atoms with Gasteiger partial charge < -0.3 is 10.3 Å². The minimum Gasteiger partial charge on any atom is -0.338 e. The number of halogens is 1. The number of amides is 1. The molecule has 4 aromatic rings. The molecule has 0 saturated carbocycles. The molecule has 0 radical (unpaired) electrons. The quantitative estimate of drug-likeness (QED) is 0.501. The van der Waals surface area contributed by atoms with Gasteiger partial charge in [0.1, 0.15) is 5.82 Å². The molecule has 0 aliphatic heterocycles. The van der Waals surface area contributed by atoms with Crippen LogP contribution in [0.5, 0.6) is 0 Å². The highest BCUT2D eigenvalue weighted by molar-refractivity contribution is 9.10. The van der Waals surface area contributed by atoms with E-state index in [-0.39, 0.29) is 5.91 Å². The molecule has 0 atom stereocenters. The van der Waals surface area contributed by atoms with E-state index in [1.165, 1.54) is 0 Å². The highest BCUT2D eigenvalue weighted by Crippen LogP contribution is 2.24. The maximum absolute atomic E-state index is 12.5. The van der Waals surface area contributed by atoms with Crippen LogP contribution in [-0.4, -0.2) is 15.9 Å². The number of fused-ring (bicyclic) bond motifs is 1. The second-order valence-corrected chi connectivity index (χ2v) is 6.47. The van der Waals surface area contributed by atoms with Gasteiger partial charge >= 0.3 is 0 Å². The average Bonchev–Trinajstić information content (AvgIpc) is 3.06. The zero-order valence-electron chi connectivity index (χ0n) is 13.2. The Kier molecular flexibility index (Phi) is 4.07. The number of benzene rings is 3. The highest BCUT2D eigenvalue weighted by atomic mass is 79.9. The molecule has 1 heterocycles. The summed E-state index contributed by atoms with van der Waals surface area (Å²) in [6.45, 7) is 0. The van der Waals surface area contributed by atoms with E-state index in [2.05, 4.69) is 31.2 Å². The number of aromatic nitrogens is 2. The fraction of sp³-hybridized carbons (Fsp3) is 0. The van der Waals surface area contributed by atoms with Gasteiger partial charge in [-0.1, -0.05) is 36.4 Å². The third-order valence-corrected chi connectivity index (χ3v) is 4.59. The van der Waals surface area contributed by atoms with E-state index in [9.17, 15) is 4.79 Å². The summed E-state index contributed by atoms with van der Waals surface area (Å²) in [7, 11) is 0. The van der Waals surface area contributed by atoms with Gasteiger partial charge in [-0.3, -0.25) is 4.79 Å². The second-order valence-electron chi connectivity index (χ2n) is 5.62. The summed E-state index contributed by atoms with van der Waals surface area (Å²) in [6, 6.07) is 22.9. The lowest BCUT2D eigenvalue weighted by molar-refractivity contribution is 0.102. The third kappa shape index (κ3) is 3.19. The number of aromatic amines is 1. The van der Waals surface area contributed by atoms with E-state index >= 15 is 0 Å². The number of hydrogen-bond acceptors (Lipinski definition) is 2. The topological polar surface area (TPSA) is 57.8 Å². The zero-order valence-corrected chi connectivity index (χ0v) is 14.7. The molecular formula is C20H14BrN3O. The largest absolute Gasteiger partial charge is 0.338 e. The molecule has 0 spiro atoms. The molecule has 4 nitrogen and oxygen atoms in total. The molecule has 122 valence electrons. The lowest BCUT2D eigenvalue weighted by atomic mass is 10.1. The fourth-order valence-electron chi connectivity index (χ4n) is 2.68. The van der Waals surface area contributed by atoms with Crippen LogP contribution >= 0.6 is 15.9 Å². The second kappa shape index (κ2) is 6.53. The number of rotatable bonds is 3. The maximum atomic E-state index is 12.5. The Balaban J connectivity index is 1.63. The predicted octanol–water partition coefficient (Wildman–Crippen LogP) is 5.24. The van der Waals surface area contributed by atoms with Crippen LogP contribution in [0.4, 0.5) is 5.69 Å². The van der Waals surface area contributed by atoms with Crippen LogP contribution in [0.15, 0.2) is 77.3 Å². The summed E-state index contributed by atoms with van der Waals surface area (Å²) < 4.78 is 0.765. The summed E-state index contributed by atoms with van der Waals surface area (Å²) in [5, 5.41) is 2.93. The van der Waals surface area contributed by atoms with Gasteiger partial charge in [0.15, 0.2) is 0 Å². The fourth-order valence-corrected chi connectivity index (χ4v) is 3.14. The van der Waals surface area contributed by atoms with Crippen molar-refractivity contribution in [2.24, 2.45) is 0 Å². The van der Waals surface area contributed by atoms with Gasteiger partial charge in [-0.2, -0.15) is 0 Å². The lowest BCUT2D eigenvalue weighted by Crippen LogP contribution is -2.12. The normalized spacial score (nSPS) is 10.8. The molecular weight excluding hydrogens is 378 g/mol. The van der Waals surface area contributed by atoms with E-state index in [0.29, 0.717) is 5.56 Å². The van der Waals surface area contributed by atoms with Gasteiger partial charge in [-0.25, -0.2) is 4.98 Å². The molecule has 0 saturated heterocycles. The third-order valence-electron chi connectivity index (χ3n) is 3.90. The summed E-state index contributed by atoms with van der Waals surface area (Å²) >= 11 is 3.41. The van der Waals surface area contributed by atoms with E-state index < -0.39 is 0 Å². The van der Waals surface area contributed by atoms with Gasteiger partial charge in [0, 0.05) is 15.7 Å². The number of nitrogens with zero attached hydrogens (tertiary/aromatic N) is 1. The van der Waals surface area contributed by atoms with Crippen molar-refractivity contribution < 1.29 is 4.79 Å². The Morgan fingerprint density at radius 3 is 2.60 bits per heavy atom. The van der Waals surface area contributed by atoms with Gasteiger partial charge in [-0.15, -0.1) is 0 Å². The van der Waals surface area contributed by atoms with Crippen molar-refractivity contribution in [2.75, 3.05) is 5.32 Å². The van der Waals surface area contributed by atoms with Crippen LogP contribution in [-0.2, 0) is 0 Å². The summed E-state index contributed by atoms with van der Waals surface area (Å²) in [4.78, 5) is 20.4. The van der Waals surface area contributed by atoms with Crippen molar-refractivity contribution in [2.45, 2.75) is 0 Å². The molecule has 0 aliphatic carbocycles. The molecule has 0 bridgehead atoms. The number of H-pyrrole nitrogens is 1. The molecule has 2 N–H and O–H groups in total. The van der Waals surface area contributed by atoms with Gasteiger partial charge in [0.05, 0.1) is 16.6 Å². The summed E-state index contributed by atoms with van der Waals surface area (Å²) in [6.07, 6.45) is 0. The van der Waals surface area contributed by atoms with Crippen molar-refractivity contribution in [1.29, 1.82) is 0 Å². The van der Waals surface area contributed by atoms with E-state index in [1.54, 1.807) is 6.07 Å². The Morgan fingerprint density at radius 2 is 1.76 bits per heavy atom. The van der Waals surface area contributed by atoms with Crippen LogP contribution in [0.1, 0.15) is 10.4 Å². The Bertz CT molecular complexity index is 1040. The van der Waals surface area contributed by atoms with Gasteiger partial charge in [-0.05, 0) is 52.3 Å². The number of imidazole rings is 1. The van der Waals surface area contributed by atoms with Crippen molar-refractivity contribution in [3.63, 3.8) is 0 Å². The number of carbonyl (C=O) groups excluding carboxylic acids is 1. The average molecular weight is 392 g/mol. The van der Waals surface area contributed by atoms with Crippen molar-refractivity contribution in [1.82, 2.24) is 9.97 Å².